The van der Waals surface area contributed by atoms with Crippen LogP contribution in [-0.2, 0) is 14.4 Å². The van der Waals surface area contributed by atoms with Gasteiger partial charge < -0.3 is 5.32 Å². The Hall–Kier alpha value is -1.92. The van der Waals surface area contributed by atoms with Gasteiger partial charge in [-0.1, -0.05) is 26.2 Å². The fourth-order valence-corrected chi connectivity index (χ4v) is 3.31. The summed E-state index contributed by atoms with van der Waals surface area (Å²) in [6, 6.07) is -0.654. The van der Waals surface area contributed by atoms with Gasteiger partial charge in [0, 0.05) is 12.5 Å². The molecule has 1 saturated carbocycles. The molecule has 5 amide bonds. The summed E-state index contributed by atoms with van der Waals surface area (Å²) < 4.78 is 0. The van der Waals surface area contributed by atoms with E-state index in [9.17, 15) is 19.2 Å². The number of nitrogens with one attached hydrogen (secondary N) is 2. The maximum atomic E-state index is 12.6. The summed E-state index contributed by atoms with van der Waals surface area (Å²) in [4.78, 5) is 49.2. The van der Waals surface area contributed by atoms with E-state index in [-0.39, 0.29) is 30.8 Å². The highest BCUT2D eigenvalue weighted by atomic mass is 16.2. The lowest BCUT2D eigenvalue weighted by Crippen LogP contribution is -2.48. The summed E-state index contributed by atoms with van der Waals surface area (Å²) in [5, 5.41) is 4.77. The predicted octanol–water partition coefficient (Wildman–Crippen LogP) is 1.32. The summed E-state index contributed by atoms with van der Waals surface area (Å²) in [7, 11) is 0. The Bertz CT molecular complexity index is 511. The Morgan fingerprint density at radius 2 is 1.87 bits per heavy atom. The number of urea groups is 1. The van der Waals surface area contributed by atoms with Crippen molar-refractivity contribution in [2.24, 2.45) is 5.41 Å². The fraction of sp³-hybridized carbons (Fsp3) is 0.750. The molecule has 1 saturated heterocycles. The van der Waals surface area contributed by atoms with Crippen LogP contribution < -0.4 is 10.6 Å². The van der Waals surface area contributed by atoms with E-state index in [0.29, 0.717) is 12.8 Å². The van der Waals surface area contributed by atoms with Crippen LogP contribution in [0.3, 0.4) is 0 Å². The van der Waals surface area contributed by atoms with E-state index in [1.54, 1.807) is 0 Å². The van der Waals surface area contributed by atoms with Gasteiger partial charge in [-0.25, -0.2) is 4.79 Å². The van der Waals surface area contributed by atoms with Crippen LogP contribution in [0.5, 0.6) is 0 Å². The van der Waals surface area contributed by atoms with E-state index >= 15 is 0 Å². The molecule has 7 nitrogen and oxygen atoms in total. The number of imide groups is 2. The highest BCUT2D eigenvalue weighted by Gasteiger charge is 2.51. The van der Waals surface area contributed by atoms with E-state index in [1.807, 2.05) is 13.8 Å². The van der Waals surface area contributed by atoms with Gasteiger partial charge in [0.25, 0.3) is 0 Å². The molecular weight excluding hydrogens is 298 g/mol. The number of rotatable bonds is 4. The molecule has 2 N–H and O–H groups in total. The van der Waals surface area contributed by atoms with Gasteiger partial charge >= 0.3 is 6.03 Å². The lowest BCUT2D eigenvalue weighted by molar-refractivity contribution is -0.145. The Labute approximate surface area is 136 Å². The molecule has 23 heavy (non-hydrogen) atoms. The zero-order valence-corrected chi connectivity index (χ0v) is 13.8. The van der Waals surface area contributed by atoms with Crippen molar-refractivity contribution in [3.05, 3.63) is 0 Å². The molecule has 128 valence electrons. The van der Waals surface area contributed by atoms with E-state index in [2.05, 4.69) is 10.6 Å². The molecule has 0 aromatic heterocycles. The first-order chi connectivity index (χ1) is 10.9. The molecule has 1 heterocycles. The summed E-state index contributed by atoms with van der Waals surface area (Å²) >= 11 is 0. The van der Waals surface area contributed by atoms with Crippen molar-refractivity contribution >= 4 is 23.8 Å². The lowest BCUT2D eigenvalue weighted by atomic mass is 9.73. The van der Waals surface area contributed by atoms with E-state index in [1.165, 1.54) is 0 Å². The molecular formula is C16H25N3O4. The minimum absolute atomic E-state index is 0.0524. The van der Waals surface area contributed by atoms with Crippen molar-refractivity contribution in [1.82, 2.24) is 15.5 Å². The topological polar surface area (TPSA) is 95.6 Å². The number of hydrogen-bond donors (Lipinski definition) is 2. The molecule has 0 bridgehead atoms. The van der Waals surface area contributed by atoms with Crippen molar-refractivity contribution < 1.29 is 19.2 Å². The highest BCUT2D eigenvalue weighted by Crippen LogP contribution is 2.45. The largest absolute Gasteiger partial charge is 0.335 e. The molecule has 2 rings (SSSR count). The van der Waals surface area contributed by atoms with Crippen LogP contribution >= 0.6 is 0 Å². The molecule has 0 aromatic rings. The van der Waals surface area contributed by atoms with Gasteiger partial charge in [-0.05, 0) is 26.2 Å². The van der Waals surface area contributed by atoms with Crippen molar-refractivity contribution in [3.63, 3.8) is 0 Å². The van der Waals surface area contributed by atoms with Crippen molar-refractivity contribution in [2.45, 2.75) is 64.8 Å². The SMILES string of the molecule is CC[C@@H](C)NC(=O)NC(=O)CN1C(=O)CC2(CCCCC2)C1=O. The van der Waals surface area contributed by atoms with Gasteiger partial charge in [-0.3, -0.25) is 24.6 Å². The monoisotopic (exact) mass is 323 g/mol. The minimum Gasteiger partial charge on any atom is -0.335 e. The molecule has 1 aliphatic carbocycles. The van der Waals surface area contributed by atoms with Crippen LogP contribution in [0.4, 0.5) is 4.79 Å². The number of amides is 5. The summed E-state index contributed by atoms with van der Waals surface area (Å²) in [5.41, 5.74) is -0.603. The van der Waals surface area contributed by atoms with E-state index in [4.69, 9.17) is 0 Å². The average Bonchev–Trinajstić information content (AvgIpc) is 2.72. The molecule has 1 aliphatic heterocycles. The first-order valence-corrected chi connectivity index (χ1v) is 8.33. The molecule has 7 heteroatoms. The maximum Gasteiger partial charge on any atom is 0.321 e. The zero-order chi connectivity index (χ0) is 17.0. The fourth-order valence-electron chi connectivity index (χ4n) is 3.31. The molecule has 1 atom stereocenters. The molecule has 2 aliphatic rings. The molecule has 0 unspecified atom stereocenters. The third-order valence-corrected chi connectivity index (χ3v) is 4.84. The Morgan fingerprint density at radius 3 is 2.48 bits per heavy atom. The molecule has 2 fully saturated rings. The van der Waals surface area contributed by atoms with Gasteiger partial charge in [0.1, 0.15) is 6.54 Å². The van der Waals surface area contributed by atoms with Crippen LogP contribution in [0.25, 0.3) is 0 Å². The van der Waals surface area contributed by atoms with Crippen LogP contribution in [-0.4, -0.2) is 41.2 Å². The number of hydrogen-bond acceptors (Lipinski definition) is 4. The second-order valence-corrected chi connectivity index (χ2v) is 6.63. The number of carbonyl (C=O) groups is 4. The van der Waals surface area contributed by atoms with Crippen molar-refractivity contribution in [1.29, 1.82) is 0 Å². The predicted molar refractivity (Wildman–Crippen MR) is 83.3 cm³/mol. The molecule has 0 radical (unpaired) electrons. The second kappa shape index (κ2) is 7.10. The third kappa shape index (κ3) is 3.89. The van der Waals surface area contributed by atoms with Crippen molar-refractivity contribution in [3.8, 4) is 0 Å². The van der Waals surface area contributed by atoms with Gasteiger partial charge in [0.2, 0.25) is 17.7 Å². The Balaban J connectivity index is 1.92. The maximum absolute atomic E-state index is 12.6. The normalized spacial score (nSPS) is 21.4. The van der Waals surface area contributed by atoms with Crippen LogP contribution in [0.1, 0.15) is 58.8 Å². The summed E-state index contributed by atoms with van der Waals surface area (Å²) in [5.74, 6) is -1.20. The van der Waals surface area contributed by atoms with Gasteiger partial charge in [-0.15, -0.1) is 0 Å². The van der Waals surface area contributed by atoms with Gasteiger partial charge in [0.15, 0.2) is 0 Å². The second-order valence-electron chi connectivity index (χ2n) is 6.63. The number of carbonyl (C=O) groups excluding carboxylic acids is 4. The summed E-state index contributed by atoms with van der Waals surface area (Å²) in [6.07, 6.45) is 5.33. The molecule has 1 spiro atoms. The summed E-state index contributed by atoms with van der Waals surface area (Å²) in [6.45, 7) is 3.36. The number of likely N-dealkylation sites (tertiary alicyclic amines) is 1. The average molecular weight is 323 g/mol. The lowest BCUT2D eigenvalue weighted by Gasteiger charge is -2.30. The quantitative estimate of drug-likeness (QED) is 0.763. The standard InChI is InChI=1S/C16H25N3O4/c1-3-11(2)17-15(23)18-12(20)10-19-13(21)9-16(14(19)22)7-5-4-6-8-16/h11H,3-10H2,1-2H3,(H2,17,18,20,23)/t11-/m1/s1. The smallest absolute Gasteiger partial charge is 0.321 e. The Morgan fingerprint density at radius 1 is 1.22 bits per heavy atom. The number of nitrogens with zero attached hydrogens (tertiary/aromatic N) is 1. The first-order valence-electron chi connectivity index (χ1n) is 8.33. The Kier molecular flexibility index (Phi) is 5.38. The minimum atomic E-state index is -0.639. The van der Waals surface area contributed by atoms with Crippen LogP contribution in [0, 0.1) is 5.41 Å². The zero-order valence-electron chi connectivity index (χ0n) is 13.8. The van der Waals surface area contributed by atoms with Gasteiger partial charge in [-0.2, -0.15) is 0 Å². The van der Waals surface area contributed by atoms with Crippen LogP contribution in [0.2, 0.25) is 0 Å². The van der Waals surface area contributed by atoms with Crippen molar-refractivity contribution in [2.75, 3.05) is 6.54 Å². The van der Waals surface area contributed by atoms with Crippen LogP contribution in [0.15, 0.2) is 0 Å². The third-order valence-electron chi connectivity index (χ3n) is 4.84. The van der Waals surface area contributed by atoms with Gasteiger partial charge in [0.05, 0.1) is 5.41 Å². The first kappa shape index (κ1) is 17.4. The molecule has 0 aromatic carbocycles. The highest BCUT2D eigenvalue weighted by molar-refractivity contribution is 6.09. The van der Waals surface area contributed by atoms with E-state index in [0.717, 1.165) is 30.6 Å². The van der Waals surface area contributed by atoms with E-state index < -0.39 is 17.4 Å².